The fourth-order valence-corrected chi connectivity index (χ4v) is 2.22. The predicted octanol–water partition coefficient (Wildman–Crippen LogP) is 1.06. The van der Waals surface area contributed by atoms with Gasteiger partial charge in [-0.25, -0.2) is 0 Å². The zero-order valence-corrected chi connectivity index (χ0v) is 10.3. The standard InChI is InChI=1S/C12H25NO3/c1-2-4-11-9-12(10-13,5-8-15-11)16-7-3-6-14/h11,14H,2-10,13H2,1H3. The van der Waals surface area contributed by atoms with Gasteiger partial charge in [-0.05, 0) is 12.8 Å². The van der Waals surface area contributed by atoms with Crippen LogP contribution in [0.3, 0.4) is 0 Å². The molecule has 4 nitrogen and oxygen atoms in total. The van der Waals surface area contributed by atoms with Crippen molar-refractivity contribution in [3.63, 3.8) is 0 Å². The third kappa shape index (κ3) is 4.01. The summed E-state index contributed by atoms with van der Waals surface area (Å²) in [7, 11) is 0. The van der Waals surface area contributed by atoms with Crippen LogP contribution >= 0.6 is 0 Å². The average molecular weight is 231 g/mol. The highest BCUT2D eigenvalue weighted by Crippen LogP contribution is 2.29. The Morgan fingerprint density at radius 3 is 3.00 bits per heavy atom. The van der Waals surface area contributed by atoms with Gasteiger partial charge in [0.05, 0.1) is 11.7 Å². The van der Waals surface area contributed by atoms with Gasteiger partial charge in [0.1, 0.15) is 0 Å². The smallest absolute Gasteiger partial charge is 0.0850 e. The lowest BCUT2D eigenvalue weighted by molar-refractivity contribution is -0.136. The molecule has 1 aliphatic rings. The van der Waals surface area contributed by atoms with Crippen molar-refractivity contribution >= 4 is 0 Å². The Balaban J connectivity index is 2.43. The molecule has 2 unspecified atom stereocenters. The third-order valence-electron chi connectivity index (χ3n) is 3.20. The van der Waals surface area contributed by atoms with E-state index in [9.17, 15) is 0 Å². The first-order chi connectivity index (χ1) is 7.76. The minimum atomic E-state index is -0.215. The normalized spacial score (nSPS) is 30.6. The highest BCUT2D eigenvalue weighted by Gasteiger charge is 2.36. The van der Waals surface area contributed by atoms with Crippen LogP contribution in [0.25, 0.3) is 0 Å². The lowest BCUT2D eigenvalue weighted by Crippen LogP contribution is -2.48. The lowest BCUT2D eigenvalue weighted by Gasteiger charge is -2.40. The molecule has 4 heteroatoms. The molecule has 0 bridgehead atoms. The number of rotatable bonds is 7. The van der Waals surface area contributed by atoms with Crippen LogP contribution in [0.4, 0.5) is 0 Å². The predicted molar refractivity (Wildman–Crippen MR) is 63.3 cm³/mol. The Morgan fingerprint density at radius 2 is 2.38 bits per heavy atom. The van der Waals surface area contributed by atoms with Gasteiger partial charge < -0.3 is 20.3 Å². The molecule has 16 heavy (non-hydrogen) atoms. The zero-order valence-electron chi connectivity index (χ0n) is 10.3. The summed E-state index contributed by atoms with van der Waals surface area (Å²) in [6.45, 7) is 4.21. The van der Waals surface area contributed by atoms with Crippen LogP contribution in [0, 0.1) is 0 Å². The number of aliphatic hydroxyl groups is 1. The number of aliphatic hydroxyl groups excluding tert-OH is 1. The van der Waals surface area contributed by atoms with E-state index in [1.807, 2.05) is 0 Å². The van der Waals surface area contributed by atoms with Gasteiger partial charge in [-0.2, -0.15) is 0 Å². The molecule has 3 N–H and O–H groups in total. The van der Waals surface area contributed by atoms with Gasteiger partial charge in [0.2, 0.25) is 0 Å². The maximum absolute atomic E-state index is 8.75. The van der Waals surface area contributed by atoms with E-state index in [0.29, 0.717) is 19.6 Å². The van der Waals surface area contributed by atoms with Gasteiger partial charge in [0.15, 0.2) is 0 Å². The molecular formula is C12H25NO3. The molecule has 1 aliphatic heterocycles. The van der Waals surface area contributed by atoms with E-state index in [4.69, 9.17) is 20.3 Å². The highest BCUT2D eigenvalue weighted by atomic mass is 16.5. The molecule has 0 amide bonds. The summed E-state index contributed by atoms with van der Waals surface area (Å²) in [6, 6.07) is 0. The molecule has 2 atom stereocenters. The fraction of sp³-hybridized carbons (Fsp3) is 1.00. The first-order valence-corrected chi connectivity index (χ1v) is 6.33. The Labute approximate surface area is 98.1 Å². The summed E-state index contributed by atoms with van der Waals surface area (Å²) in [4.78, 5) is 0. The quantitative estimate of drug-likeness (QED) is 0.643. The van der Waals surface area contributed by atoms with Gasteiger partial charge in [0.25, 0.3) is 0 Å². The largest absolute Gasteiger partial charge is 0.396 e. The Kier molecular flexibility index (Phi) is 6.28. The highest BCUT2D eigenvalue weighted by molar-refractivity contribution is 4.88. The van der Waals surface area contributed by atoms with Crippen LogP contribution in [0.5, 0.6) is 0 Å². The topological polar surface area (TPSA) is 64.7 Å². The van der Waals surface area contributed by atoms with E-state index in [-0.39, 0.29) is 18.3 Å². The summed E-state index contributed by atoms with van der Waals surface area (Å²) >= 11 is 0. The maximum Gasteiger partial charge on any atom is 0.0850 e. The Hall–Kier alpha value is -0.160. The van der Waals surface area contributed by atoms with E-state index in [0.717, 1.165) is 32.3 Å². The second kappa shape index (κ2) is 7.22. The molecule has 1 heterocycles. The molecule has 0 aromatic carbocycles. The van der Waals surface area contributed by atoms with E-state index < -0.39 is 0 Å². The Bertz CT molecular complexity index is 187. The SMILES string of the molecule is CCCC1CC(CN)(OCCCO)CCO1. The lowest BCUT2D eigenvalue weighted by atomic mass is 9.88. The van der Waals surface area contributed by atoms with Gasteiger partial charge in [-0.3, -0.25) is 0 Å². The van der Waals surface area contributed by atoms with Crippen LogP contribution in [0.15, 0.2) is 0 Å². The molecular weight excluding hydrogens is 206 g/mol. The van der Waals surface area contributed by atoms with Crippen molar-refractivity contribution < 1.29 is 14.6 Å². The van der Waals surface area contributed by atoms with Gasteiger partial charge in [0, 0.05) is 39.2 Å². The maximum atomic E-state index is 8.75. The second-order valence-electron chi connectivity index (χ2n) is 4.55. The van der Waals surface area contributed by atoms with E-state index in [2.05, 4.69) is 6.92 Å². The molecule has 0 aromatic rings. The monoisotopic (exact) mass is 231 g/mol. The minimum Gasteiger partial charge on any atom is -0.396 e. The van der Waals surface area contributed by atoms with Crippen molar-refractivity contribution in [1.29, 1.82) is 0 Å². The van der Waals surface area contributed by atoms with Crippen molar-refractivity contribution in [3.05, 3.63) is 0 Å². The molecule has 0 aromatic heterocycles. The number of hydrogen-bond acceptors (Lipinski definition) is 4. The van der Waals surface area contributed by atoms with Gasteiger partial charge in [-0.1, -0.05) is 13.3 Å². The fourth-order valence-electron chi connectivity index (χ4n) is 2.22. The number of hydrogen-bond donors (Lipinski definition) is 2. The molecule has 0 aliphatic carbocycles. The summed E-state index contributed by atoms with van der Waals surface area (Å²) in [5.74, 6) is 0. The molecule has 1 saturated heterocycles. The summed E-state index contributed by atoms with van der Waals surface area (Å²) in [5, 5.41) is 8.75. The number of ether oxygens (including phenoxy) is 2. The molecule has 0 spiro atoms. The zero-order chi connectivity index (χ0) is 11.9. The minimum absolute atomic E-state index is 0.176. The van der Waals surface area contributed by atoms with Crippen LogP contribution in [-0.4, -0.2) is 43.2 Å². The molecule has 96 valence electrons. The Morgan fingerprint density at radius 1 is 1.56 bits per heavy atom. The van der Waals surface area contributed by atoms with Crippen molar-refractivity contribution in [2.24, 2.45) is 5.73 Å². The second-order valence-corrected chi connectivity index (χ2v) is 4.55. The third-order valence-corrected chi connectivity index (χ3v) is 3.20. The van der Waals surface area contributed by atoms with E-state index in [1.54, 1.807) is 0 Å². The molecule has 0 radical (unpaired) electrons. The van der Waals surface area contributed by atoms with Crippen LogP contribution in [0.2, 0.25) is 0 Å². The van der Waals surface area contributed by atoms with Gasteiger partial charge >= 0.3 is 0 Å². The van der Waals surface area contributed by atoms with Gasteiger partial charge in [-0.15, -0.1) is 0 Å². The first kappa shape index (κ1) is 13.9. The summed E-state index contributed by atoms with van der Waals surface area (Å²) in [5.41, 5.74) is 5.62. The number of nitrogens with two attached hydrogens (primary N) is 1. The average Bonchev–Trinajstić information content (AvgIpc) is 2.30. The van der Waals surface area contributed by atoms with Crippen molar-refractivity contribution in [1.82, 2.24) is 0 Å². The van der Waals surface area contributed by atoms with Crippen LogP contribution < -0.4 is 5.73 Å². The molecule has 0 saturated carbocycles. The summed E-state index contributed by atoms with van der Waals surface area (Å²) in [6.07, 6.45) is 4.93. The van der Waals surface area contributed by atoms with Crippen molar-refractivity contribution in [2.75, 3.05) is 26.4 Å². The van der Waals surface area contributed by atoms with E-state index >= 15 is 0 Å². The van der Waals surface area contributed by atoms with Crippen molar-refractivity contribution in [3.8, 4) is 0 Å². The summed E-state index contributed by atoms with van der Waals surface area (Å²) < 4.78 is 11.6. The molecule has 1 fully saturated rings. The van der Waals surface area contributed by atoms with E-state index in [1.165, 1.54) is 0 Å². The molecule has 1 rings (SSSR count). The van der Waals surface area contributed by atoms with Crippen LogP contribution in [-0.2, 0) is 9.47 Å². The first-order valence-electron chi connectivity index (χ1n) is 6.33. The van der Waals surface area contributed by atoms with Crippen molar-refractivity contribution in [2.45, 2.75) is 50.7 Å². The van der Waals surface area contributed by atoms with Crippen LogP contribution in [0.1, 0.15) is 39.0 Å².